The summed E-state index contributed by atoms with van der Waals surface area (Å²) in [6, 6.07) is 26.4. The molecule has 4 fully saturated rings. The summed E-state index contributed by atoms with van der Waals surface area (Å²) in [6.45, 7) is 7.31. The molecule has 0 aromatic heterocycles. The molecule has 2 bridgehead atoms. The van der Waals surface area contributed by atoms with Crippen LogP contribution in [0.1, 0.15) is 162 Å². The number of ether oxygens (including phenoxy) is 11. The number of amides is 1. The van der Waals surface area contributed by atoms with Gasteiger partial charge in [0, 0.05) is 91.0 Å². The quantitative estimate of drug-likeness (QED) is 0.00755. The Bertz CT molecular complexity index is 4610. The van der Waals surface area contributed by atoms with Crippen LogP contribution in [0.3, 0.4) is 0 Å². The van der Waals surface area contributed by atoms with Gasteiger partial charge in [-0.15, -0.1) is 0 Å². The Labute approximate surface area is 655 Å². The zero-order valence-electron chi connectivity index (χ0n) is 62.8. The van der Waals surface area contributed by atoms with Crippen molar-refractivity contribution >= 4 is 86.6 Å². The molecule has 17 atom stereocenters. The second kappa shape index (κ2) is 33.1. The molecule has 7 aliphatic rings. The van der Waals surface area contributed by atoms with E-state index in [9.17, 15) is 83.7 Å². The average molecular weight is 1600 g/mol. The number of carbonyl (C=O) groups is 11. The van der Waals surface area contributed by atoms with Crippen LogP contribution in [0.5, 0.6) is 17.2 Å². The molecule has 1 amide bonds. The summed E-state index contributed by atoms with van der Waals surface area (Å²) in [5.41, 5.74) is -12.9. The molecule has 30 nitrogen and oxygen atoms in total. The maximum absolute atomic E-state index is 16.5. The Hall–Kier alpha value is -9.61. The topological polar surface area (TPSA) is 443 Å². The van der Waals surface area contributed by atoms with E-state index < -0.39 is 233 Å². The fourth-order valence-electron chi connectivity index (χ4n) is 17.2. The average Bonchev–Trinajstić information content (AvgIpc) is 0.665. The molecule has 5 unspecified atom stereocenters. The van der Waals surface area contributed by atoms with E-state index in [1.807, 2.05) is 0 Å². The Kier molecular flexibility index (Phi) is 24.2. The number of benzene rings is 5. The van der Waals surface area contributed by atoms with Crippen molar-refractivity contribution in [3.05, 3.63) is 170 Å². The SMILES string of the molecule is COc1cccc2c1C(=O)c1c(O)c3c(c(O)c1C2=O)CC(O)(C(=O)CO)C[C@@H]3OC1CC(CC(=O)OCCSSCCOC(=O)O[C@H]2C[C@H]3OC[C@@]3(OC(C)=O)[C@H]3[C@H](OC(=O)c4ccccc4)[C@]4(O)C[C@H](OC(=O)[C@H](O)[C@@H](NC(=O)c5ccccc5)c5ccccc5)C(C)=C([C@@H](OC(C)=O)C(=O)[C@]23C)C4(C)C)C(O)C(C)O1. The van der Waals surface area contributed by atoms with Crippen LogP contribution in [0.15, 0.2) is 120 Å². The number of aliphatic hydroxyl groups excluding tert-OH is 3. The number of hydrogen-bond acceptors (Lipinski definition) is 31. The number of ketones is 4. The zero-order valence-corrected chi connectivity index (χ0v) is 64.4. The number of phenols is 2. The van der Waals surface area contributed by atoms with Crippen molar-refractivity contribution in [3.63, 3.8) is 0 Å². The number of hydrogen-bond donors (Lipinski definition) is 8. The molecule has 2 saturated heterocycles. The van der Waals surface area contributed by atoms with Gasteiger partial charge in [0.25, 0.3) is 5.91 Å². The van der Waals surface area contributed by atoms with Crippen LogP contribution in [-0.2, 0) is 82.6 Å². The normalized spacial score (nSPS) is 29.0. The van der Waals surface area contributed by atoms with Crippen LogP contribution in [0.25, 0.3) is 0 Å². The van der Waals surface area contributed by atoms with E-state index in [0.29, 0.717) is 5.56 Å². The van der Waals surface area contributed by atoms with Gasteiger partial charge >= 0.3 is 36.0 Å². The number of rotatable bonds is 25. The van der Waals surface area contributed by atoms with E-state index in [4.69, 9.17) is 52.1 Å². The zero-order chi connectivity index (χ0) is 81.6. The monoisotopic (exact) mass is 1600 g/mol. The molecule has 12 rings (SSSR count). The Morgan fingerprint density at radius 2 is 1.36 bits per heavy atom. The molecule has 5 aromatic rings. The minimum absolute atomic E-state index is 0.00753. The third kappa shape index (κ3) is 15.5. The molecule has 32 heteroatoms. The van der Waals surface area contributed by atoms with E-state index in [0.717, 1.165) is 13.8 Å². The highest BCUT2D eigenvalue weighted by atomic mass is 33.1. The lowest BCUT2D eigenvalue weighted by molar-refractivity contribution is -0.346. The van der Waals surface area contributed by atoms with Crippen LogP contribution in [0.2, 0.25) is 0 Å². The minimum Gasteiger partial charge on any atom is -0.507 e. The van der Waals surface area contributed by atoms with E-state index in [-0.39, 0.29) is 87.8 Å². The van der Waals surface area contributed by atoms with Gasteiger partial charge in [-0.3, -0.25) is 38.4 Å². The summed E-state index contributed by atoms with van der Waals surface area (Å²) in [5, 5.41) is 85.9. The largest absolute Gasteiger partial charge is 0.508 e. The van der Waals surface area contributed by atoms with Crippen LogP contribution >= 0.6 is 21.6 Å². The molecular formula is C81H87NO29S2. The first-order valence-corrected chi connectivity index (χ1v) is 39.1. The molecule has 2 aliphatic heterocycles. The third-order valence-corrected chi connectivity index (χ3v) is 25.2. The number of esters is 5. The second-order valence-electron chi connectivity index (χ2n) is 29.9. The van der Waals surface area contributed by atoms with Gasteiger partial charge in [-0.25, -0.2) is 14.4 Å². The molecule has 602 valence electrons. The number of nitrogens with one attached hydrogen (secondary N) is 1. The highest BCUT2D eigenvalue weighted by Gasteiger charge is 2.79. The fourth-order valence-corrected chi connectivity index (χ4v) is 18.9. The highest BCUT2D eigenvalue weighted by molar-refractivity contribution is 8.76. The van der Waals surface area contributed by atoms with Crippen LogP contribution < -0.4 is 10.1 Å². The lowest BCUT2D eigenvalue weighted by Crippen LogP contribution is -2.82. The number of methoxy groups -OCH3 is 1. The second-order valence-corrected chi connectivity index (χ2v) is 32.6. The Balaban J connectivity index is 0.730. The van der Waals surface area contributed by atoms with Crippen LogP contribution in [-0.4, -0.2) is 218 Å². The van der Waals surface area contributed by atoms with Crippen molar-refractivity contribution in [2.45, 2.75) is 171 Å². The van der Waals surface area contributed by atoms with Crippen molar-refractivity contribution in [1.29, 1.82) is 0 Å². The number of carbonyl (C=O) groups excluding carboxylic acids is 11. The summed E-state index contributed by atoms with van der Waals surface area (Å²) in [7, 11) is 3.68. The van der Waals surface area contributed by atoms with Gasteiger partial charge in [0.05, 0.1) is 78.1 Å². The number of Topliss-reactive ketones (excluding diaryl/α,β-unsaturated/α-hetero) is 2. The van der Waals surface area contributed by atoms with Gasteiger partial charge in [0.1, 0.15) is 72.7 Å². The van der Waals surface area contributed by atoms with Crippen LogP contribution in [0, 0.1) is 22.7 Å². The minimum atomic E-state index is -2.60. The lowest BCUT2D eigenvalue weighted by Gasteiger charge is -2.67. The van der Waals surface area contributed by atoms with Crippen molar-refractivity contribution in [2.75, 3.05) is 45.0 Å². The number of phenolic OH excluding ortho intramolecular Hbond substituents is 2. The summed E-state index contributed by atoms with van der Waals surface area (Å²) in [6.07, 6.45) is -20.4. The standard InChI is InChI=1S/C81H87NO29S2/c1-39-50(108-75(97)68(93)62(43-19-12-9-13-20-43)82-73(95)44-21-14-10-15-22-44)36-81(100)72(110-74(96)45-23-16-11-17-24-45)70-78(7,71(94)69(106-41(3)84)61(39)77(81,5)6)53(33-54-80(70,38-104-54)111-42(4)85)109-76(98)103-28-30-113-112-29-27-102-55(87)31-46-32-56(105-40(2)63(46)88)107-51-35-79(99,52(86)37-83)34-48-58(51)67(92)60-59(65(48)90)64(89)47-25-18-26-49(101-8)57(47)66(60)91/h9-26,40,46,50-51,53-54,56,62-63,68-70,72,83,88,90,92-93,99-100H,27-38H2,1-8H3,(H,82,95)/t40?,46?,50-,51-,53-,54+,56?,62-,63?,68+,69+,70-,72-,78+,79?,80-,81+/m0/s1. The van der Waals surface area contributed by atoms with E-state index in [1.165, 1.54) is 106 Å². The fraction of sp³-hybridized carbons (Fsp3) is 0.469. The maximum atomic E-state index is 16.5. The lowest BCUT2D eigenvalue weighted by atomic mass is 9.44. The molecule has 0 spiro atoms. The molecular weight excluding hydrogens is 1520 g/mol. The Morgan fingerprint density at radius 3 is 1.98 bits per heavy atom. The van der Waals surface area contributed by atoms with Gasteiger partial charge < -0.3 is 93.2 Å². The van der Waals surface area contributed by atoms with Crippen molar-refractivity contribution in [1.82, 2.24) is 5.32 Å². The summed E-state index contributed by atoms with van der Waals surface area (Å²) in [5.74, 6) is -13.5. The van der Waals surface area contributed by atoms with Gasteiger partial charge in [-0.05, 0) is 67.8 Å². The molecule has 2 saturated carbocycles. The van der Waals surface area contributed by atoms with Crippen molar-refractivity contribution < 1.29 is 141 Å². The third-order valence-electron chi connectivity index (χ3n) is 22.9. The van der Waals surface area contributed by atoms with Crippen molar-refractivity contribution in [2.24, 2.45) is 22.7 Å². The first-order chi connectivity index (χ1) is 53.6. The molecule has 113 heavy (non-hydrogen) atoms. The number of fused-ring (bicyclic) bond motifs is 8. The van der Waals surface area contributed by atoms with Gasteiger partial charge in [-0.1, -0.05) is 114 Å². The van der Waals surface area contributed by atoms with Crippen molar-refractivity contribution in [3.8, 4) is 17.2 Å². The smallest absolute Gasteiger partial charge is 0.507 e. The van der Waals surface area contributed by atoms with E-state index in [1.54, 1.807) is 66.7 Å². The first-order valence-electron chi connectivity index (χ1n) is 36.6. The summed E-state index contributed by atoms with van der Waals surface area (Å²) >= 11 is 0. The molecule has 2 heterocycles. The number of aromatic hydroxyl groups is 2. The Morgan fingerprint density at radius 1 is 0.726 bits per heavy atom. The highest BCUT2D eigenvalue weighted by Crippen LogP contribution is 2.65. The van der Waals surface area contributed by atoms with E-state index >= 15 is 4.79 Å². The molecule has 5 aromatic carbocycles. The molecule has 8 N–H and O–H groups in total. The predicted molar refractivity (Wildman–Crippen MR) is 396 cm³/mol. The molecule has 5 aliphatic carbocycles. The predicted octanol–water partition coefficient (Wildman–Crippen LogP) is 6.52. The summed E-state index contributed by atoms with van der Waals surface area (Å²) < 4.78 is 66.3. The maximum Gasteiger partial charge on any atom is 0.508 e. The summed E-state index contributed by atoms with van der Waals surface area (Å²) in [4.78, 5) is 156. The number of aliphatic hydroxyl groups is 5. The van der Waals surface area contributed by atoms with Gasteiger partial charge in [0.15, 0.2) is 41.4 Å². The first kappa shape index (κ1) is 82.8. The van der Waals surface area contributed by atoms with Gasteiger partial charge in [-0.2, -0.15) is 0 Å². The van der Waals surface area contributed by atoms with Crippen LogP contribution in [0.4, 0.5) is 4.79 Å². The van der Waals surface area contributed by atoms with Gasteiger partial charge in [0.2, 0.25) is 5.78 Å². The molecule has 0 radical (unpaired) electrons. The van der Waals surface area contributed by atoms with E-state index in [2.05, 4.69) is 5.32 Å².